The van der Waals surface area contributed by atoms with E-state index in [4.69, 9.17) is 12.2 Å². The van der Waals surface area contributed by atoms with Crippen LogP contribution in [0.1, 0.15) is 36.6 Å². The lowest BCUT2D eigenvalue weighted by Crippen LogP contribution is -2.39. The fraction of sp³-hybridized carbons (Fsp3) is 0.500. The molecule has 1 unspecified atom stereocenters. The number of piperidine rings is 1. The second kappa shape index (κ2) is 10.2. The molecule has 27 heavy (non-hydrogen) atoms. The minimum atomic E-state index is 0.819. The third-order valence-corrected chi connectivity index (χ3v) is 6.38. The number of thiophene rings is 1. The van der Waals surface area contributed by atoms with E-state index >= 15 is 0 Å². The number of anilines is 1. The molecule has 1 aromatic heterocycles. The highest BCUT2D eigenvalue weighted by Gasteiger charge is 2.17. The summed E-state index contributed by atoms with van der Waals surface area (Å²) in [5.74, 6) is 0.838. The molecule has 1 atom stereocenters. The molecule has 0 amide bonds. The zero-order valence-corrected chi connectivity index (χ0v) is 18.1. The summed E-state index contributed by atoms with van der Waals surface area (Å²) in [7, 11) is 0. The van der Waals surface area contributed by atoms with Gasteiger partial charge in [0.15, 0.2) is 5.11 Å². The Hall–Kier alpha value is -1.43. The van der Waals surface area contributed by atoms with Crippen LogP contribution in [-0.4, -0.2) is 41.1 Å². The molecule has 2 heterocycles. The van der Waals surface area contributed by atoms with Gasteiger partial charge in [-0.05, 0) is 81.0 Å². The molecule has 3 rings (SSSR count). The molecule has 1 aliphatic rings. The standard InChI is InChI=1S/C22H31N3S2/c1-18-8-10-20(11-9-18)23-22(26)25(17-21-7-4-15-27-21)14-5-13-24-12-3-6-19(2)16-24/h4,7-11,15,19H,3,5-6,12-14,16-17H2,1-2H3,(H,23,26). The van der Waals surface area contributed by atoms with E-state index in [1.807, 2.05) is 0 Å². The topological polar surface area (TPSA) is 18.5 Å². The van der Waals surface area contributed by atoms with Gasteiger partial charge in [0.05, 0.1) is 6.54 Å². The molecule has 1 aromatic carbocycles. The number of rotatable bonds is 7. The monoisotopic (exact) mass is 401 g/mol. The quantitative estimate of drug-likeness (QED) is 0.628. The molecule has 2 aromatic rings. The van der Waals surface area contributed by atoms with Crippen molar-refractivity contribution in [3.05, 3.63) is 52.2 Å². The van der Waals surface area contributed by atoms with Crippen LogP contribution in [0.25, 0.3) is 0 Å². The molecule has 0 aliphatic carbocycles. The van der Waals surface area contributed by atoms with E-state index in [0.717, 1.165) is 36.2 Å². The van der Waals surface area contributed by atoms with E-state index in [2.05, 4.69) is 70.7 Å². The minimum Gasteiger partial charge on any atom is -0.344 e. The second-order valence-corrected chi connectivity index (χ2v) is 9.12. The van der Waals surface area contributed by atoms with Crippen molar-refractivity contribution in [2.75, 3.05) is 31.5 Å². The van der Waals surface area contributed by atoms with Crippen LogP contribution in [0.15, 0.2) is 41.8 Å². The van der Waals surface area contributed by atoms with Crippen LogP contribution in [0.4, 0.5) is 5.69 Å². The van der Waals surface area contributed by atoms with E-state index in [9.17, 15) is 0 Å². The van der Waals surface area contributed by atoms with Gasteiger partial charge in [0.2, 0.25) is 0 Å². The zero-order valence-electron chi connectivity index (χ0n) is 16.5. The Bertz CT molecular complexity index is 697. The molecular formula is C22H31N3S2. The summed E-state index contributed by atoms with van der Waals surface area (Å²) in [6.07, 6.45) is 3.87. The highest BCUT2D eigenvalue weighted by atomic mass is 32.1. The van der Waals surface area contributed by atoms with Gasteiger partial charge in [-0.2, -0.15) is 0 Å². The second-order valence-electron chi connectivity index (χ2n) is 7.70. The van der Waals surface area contributed by atoms with Crippen LogP contribution < -0.4 is 5.32 Å². The van der Waals surface area contributed by atoms with Gasteiger partial charge in [-0.25, -0.2) is 0 Å². The number of benzene rings is 1. The lowest BCUT2D eigenvalue weighted by atomic mass is 10.0. The predicted molar refractivity (Wildman–Crippen MR) is 122 cm³/mol. The van der Waals surface area contributed by atoms with Crippen LogP contribution >= 0.6 is 23.6 Å². The smallest absolute Gasteiger partial charge is 0.173 e. The first-order valence-electron chi connectivity index (χ1n) is 9.97. The molecule has 1 N–H and O–H groups in total. The number of nitrogens with one attached hydrogen (secondary N) is 1. The van der Waals surface area contributed by atoms with E-state index in [0.29, 0.717) is 0 Å². The van der Waals surface area contributed by atoms with Crippen molar-refractivity contribution >= 4 is 34.4 Å². The first-order chi connectivity index (χ1) is 13.1. The highest BCUT2D eigenvalue weighted by Crippen LogP contribution is 2.17. The summed E-state index contributed by atoms with van der Waals surface area (Å²) in [6, 6.07) is 12.7. The van der Waals surface area contributed by atoms with Gasteiger partial charge in [0.1, 0.15) is 0 Å². The highest BCUT2D eigenvalue weighted by molar-refractivity contribution is 7.80. The van der Waals surface area contributed by atoms with Crippen LogP contribution in [-0.2, 0) is 6.54 Å². The maximum absolute atomic E-state index is 5.76. The van der Waals surface area contributed by atoms with Crippen molar-refractivity contribution < 1.29 is 0 Å². The Morgan fingerprint density at radius 3 is 2.81 bits per heavy atom. The number of hydrogen-bond donors (Lipinski definition) is 1. The van der Waals surface area contributed by atoms with Crippen molar-refractivity contribution in [1.82, 2.24) is 9.80 Å². The summed E-state index contributed by atoms with van der Waals surface area (Å²) in [4.78, 5) is 6.29. The Morgan fingerprint density at radius 1 is 1.30 bits per heavy atom. The molecule has 0 saturated carbocycles. The molecule has 1 saturated heterocycles. The summed E-state index contributed by atoms with van der Waals surface area (Å²) in [5.41, 5.74) is 2.32. The van der Waals surface area contributed by atoms with Crippen molar-refractivity contribution in [3.63, 3.8) is 0 Å². The molecule has 1 fully saturated rings. The zero-order chi connectivity index (χ0) is 19.1. The van der Waals surface area contributed by atoms with Crippen LogP contribution in [0.2, 0.25) is 0 Å². The molecule has 0 radical (unpaired) electrons. The van der Waals surface area contributed by atoms with Gasteiger partial charge in [0, 0.05) is 23.7 Å². The molecule has 146 valence electrons. The molecule has 5 heteroatoms. The van der Waals surface area contributed by atoms with Crippen molar-refractivity contribution in [3.8, 4) is 0 Å². The summed E-state index contributed by atoms with van der Waals surface area (Å²) >= 11 is 7.56. The average molecular weight is 402 g/mol. The van der Waals surface area contributed by atoms with Crippen LogP contribution in [0.3, 0.4) is 0 Å². The maximum Gasteiger partial charge on any atom is 0.173 e. The fourth-order valence-electron chi connectivity index (χ4n) is 3.66. The van der Waals surface area contributed by atoms with Crippen molar-refractivity contribution in [2.45, 2.75) is 39.7 Å². The number of hydrogen-bond acceptors (Lipinski definition) is 3. The maximum atomic E-state index is 5.76. The Balaban J connectivity index is 1.56. The lowest BCUT2D eigenvalue weighted by molar-refractivity contribution is 0.177. The Morgan fingerprint density at radius 2 is 2.11 bits per heavy atom. The Labute approximate surface area is 173 Å². The molecule has 0 bridgehead atoms. The predicted octanol–water partition coefficient (Wildman–Crippen LogP) is 5.38. The molecule has 1 aliphatic heterocycles. The normalized spacial score (nSPS) is 17.6. The van der Waals surface area contributed by atoms with E-state index in [1.54, 1.807) is 11.3 Å². The van der Waals surface area contributed by atoms with E-state index in [1.165, 1.54) is 42.9 Å². The van der Waals surface area contributed by atoms with Crippen molar-refractivity contribution in [1.29, 1.82) is 0 Å². The molecule has 0 spiro atoms. The summed E-state index contributed by atoms with van der Waals surface area (Å²) < 4.78 is 0. The Kier molecular flexibility index (Phi) is 7.68. The number of thiocarbonyl (C=S) groups is 1. The summed E-state index contributed by atoms with van der Waals surface area (Å²) in [6.45, 7) is 10.0. The number of nitrogens with zero attached hydrogens (tertiary/aromatic N) is 2. The summed E-state index contributed by atoms with van der Waals surface area (Å²) in [5, 5.41) is 6.38. The third kappa shape index (κ3) is 6.59. The van der Waals surface area contributed by atoms with Gasteiger partial charge < -0.3 is 15.1 Å². The van der Waals surface area contributed by atoms with E-state index < -0.39 is 0 Å². The van der Waals surface area contributed by atoms with Gasteiger partial charge in [-0.3, -0.25) is 0 Å². The van der Waals surface area contributed by atoms with Gasteiger partial charge in [-0.1, -0.05) is 30.7 Å². The molecule has 3 nitrogen and oxygen atoms in total. The van der Waals surface area contributed by atoms with Gasteiger partial charge in [-0.15, -0.1) is 11.3 Å². The first-order valence-corrected chi connectivity index (χ1v) is 11.3. The van der Waals surface area contributed by atoms with Gasteiger partial charge in [0.25, 0.3) is 0 Å². The fourth-order valence-corrected chi connectivity index (χ4v) is 4.65. The SMILES string of the molecule is Cc1ccc(NC(=S)N(CCCN2CCCC(C)C2)Cc2cccs2)cc1. The van der Waals surface area contributed by atoms with Gasteiger partial charge >= 0.3 is 0 Å². The van der Waals surface area contributed by atoms with Crippen LogP contribution in [0, 0.1) is 12.8 Å². The molecular weight excluding hydrogens is 370 g/mol. The third-order valence-electron chi connectivity index (χ3n) is 5.16. The first kappa shape index (κ1) is 20.3. The average Bonchev–Trinajstić information content (AvgIpc) is 3.16. The van der Waals surface area contributed by atoms with Crippen molar-refractivity contribution in [2.24, 2.45) is 5.92 Å². The number of likely N-dealkylation sites (tertiary alicyclic amines) is 1. The van der Waals surface area contributed by atoms with Crippen LogP contribution in [0.5, 0.6) is 0 Å². The largest absolute Gasteiger partial charge is 0.344 e. The number of aryl methyl sites for hydroxylation is 1. The lowest BCUT2D eigenvalue weighted by Gasteiger charge is -2.32. The minimum absolute atomic E-state index is 0.819. The van der Waals surface area contributed by atoms with E-state index in [-0.39, 0.29) is 0 Å².